The van der Waals surface area contributed by atoms with Gasteiger partial charge in [0.25, 0.3) is 0 Å². The van der Waals surface area contributed by atoms with Gasteiger partial charge in [0.2, 0.25) is 0 Å². The van der Waals surface area contributed by atoms with Gasteiger partial charge in [-0.15, -0.1) is 0 Å². The Morgan fingerprint density at radius 2 is 1.77 bits per heavy atom. The van der Waals surface area contributed by atoms with E-state index >= 15 is 0 Å². The molecule has 1 aliphatic rings. The maximum atomic E-state index is 6.04. The van der Waals surface area contributed by atoms with Crippen LogP contribution in [0.5, 0.6) is 11.5 Å². The van der Waals surface area contributed by atoms with Gasteiger partial charge in [0, 0.05) is 50.5 Å². The Morgan fingerprint density at radius 3 is 2.40 bits per heavy atom. The lowest BCUT2D eigenvalue weighted by Crippen LogP contribution is -2.44. The van der Waals surface area contributed by atoms with E-state index in [4.69, 9.17) is 4.74 Å². The number of benzene rings is 2. The number of pyridine rings is 1. The fourth-order valence-corrected chi connectivity index (χ4v) is 5.23. The molecular weight excluding hydrogens is 596 g/mol. The van der Waals surface area contributed by atoms with Crippen molar-refractivity contribution in [3.8, 4) is 11.5 Å². The number of nitrogens with one attached hydrogen (secondary N) is 1. The van der Waals surface area contributed by atoms with Crippen molar-refractivity contribution in [1.82, 2.24) is 15.2 Å². The standard InChI is InChI=1S/C28H36BrN3O.C7H9N.C2H6/c1-21(2)16-28(31-22(3)27(29)18-30-4)24-11-9-15-32(20-24)19-23-10-8-14-26(17-23)33-25-12-6-5-7-13-25;1-2-7-4-3-5-8-6-7;1-2/h5-8,10,12-14,16-18,24,28,31H,9,11,15,19-20H2,1-4H3;3-6H,2H2,1H3;1-2H3/b27-22-,30-18?;;. The molecule has 2 unspecified atom stereocenters. The summed E-state index contributed by atoms with van der Waals surface area (Å²) in [7, 11) is 1.79. The van der Waals surface area contributed by atoms with E-state index in [1.54, 1.807) is 13.2 Å². The Labute approximate surface area is 269 Å². The molecular formula is C37H51BrN4O. The highest BCUT2D eigenvalue weighted by molar-refractivity contribution is 9.12. The van der Waals surface area contributed by atoms with Crippen LogP contribution in [0.2, 0.25) is 0 Å². The molecule has 43 heavy (non-hydrogen) atoms. The predicted molar refractivity (Wildman–Crippen MR) is 188 cm³/mol. The molecule has 0 radical (unpaired) electrons. The molecule has 1 fully saturated rings. The minimum Gasteiger partial charge on any atom is -0.457 e. The zero-order chi connectivity index (χ0) is 31.5. The second-order valence-electron chi connectivity index (χ2n) is 10.7. The van der Waals surface area contributed by atoms with Crippen LogP contribution in [0.1, 0.15) is 65.5 Å². The van der Waals surface area contributed by atoms with Crippen LogP contribution in [0.15, 0.2) is 106 Å². The van der Waals surface area contributed by atoms with Crippen molar-refractivity contribution >= 4 is 22.1 Å². The van der Waals surface area contributed by atoms with Crippen molar-refractivity contribution in [1.29, 1.82) is 0 Å². The SMILES string of the molecule is CC.CCc1cccnc1.CN=C/C(Br)=C(\C)NC(C=C(C)C)C1CCCN(Cc2cccc(Oc3ccccc3)c2)C1. The lowest BCUT2D eigenvalue weighted by atomic mass is 9.89. The first-order valence-corrected chi connectivity index (χ1v) is 16.3. The number of aryl methyl sites for hydroxylation is 1. The number of aliphatic imine (C=N–C) groups is 1. The van der Waals surface area contributed by atoms with Gasteiger partial charge < -0.3 is 10.1 Å². The second-order valence-corrected chi connectivity index (χ2v) is 11.5. The molecule has 2 heterocycles. The fraction of sp³-hybridized carbons (Fsp3) is 0.405. The number of hydrogen-bond donors (Lipinski definition) is 1. The van der Waals surface area contributed by atoms with E-state index in [0.717, 1.165) is 47.7 Å². The van der Waals surface area contributed by atoms with Crippen LogP contribution >= 0.6 is 15.9 Å². The van der Waals surface area contributed by atoms with Gasteiger partial charge in [0.05, 0.1) is 4.48 Å². The number of nitrogens with zero attached hydrogens (tertiary/aromatic N) is 3. The monoisotopic (exact) mass is 646 g/mol. The highest BCUT2D eigenvalue weighted by Gasteiger charge is 2.26. The maximum Gasteiger partial charge on any atom is 0.127 e. The van der Waals surface area contributed by atoms with Crippen molar-refractivity contribution in [3.05, 3.63) is 112 Å². The van der Waals surface area contributed by atoms with Gasteiger partial charge in [-0.05, 0) is 110 Å². The number of likely N-dealkylation sites (tertiary alicyclic amines) is 1. The van der Waals surface area contributed by atoms with E-state index in [1.165, 1.54) is 29.5 Å². The van der Waals surface area contributed by atoms with Crippen molar-refractivity contribution in [2.45, 2.75) is 73.4 Å². The third-order valence-corrected chi connectivity index (χ3v) is 7.76. The van der Waals surface area contributed by atoms with Crippen LogP contribution in [0.25, 0.3) is 0 Å². The number of para-hydroxylation sites is 1. The Bertz CT molecular complexity index is 1270. The quantitative estimate of drug-likeness (QED) is 0.176. The first-order valence-electron chi connectivity index (χ1n) is 15.5. The predicted octanol–water partition coefficient (Wildman–Crippen LogP) is 9.61. The average molecular weight is 648 g/mol. The highest BCUT2D eigenvalue weighted by Crippen LogP contribution is 2.26. The molecule has 1 saturated heterocycles. The largest absolute Gasteiger partial charge is 0.457 e. The molecule has 0 amide bonds. The highest BCUT2D eigenvalue weighted by atomic mass is 79.9. The molecule has 5 nitrogen and oxygen atoms in total. The van der Waals surface area contributed by atoms with Crippen molar-refractivity contribution < 1.29 is 4.74 Å². The van der Waals surface area contributed by atoms with E-state index in [0.29, 0.717) is 12.0 Å². The van der Waals surface area contributed by atoms with Gasteiger partial charge >= 0.3 is 0 Å². The molecule has 2 aromatic carbocycles. The molecule has 0 saturated carbocycles. The summed E-state index contributed by atoms with van der Waals surface area (Å²) in [5.41, 5.74) is 5.04. The molecule has 1 N–H and O–H groups in total. The van der Waals surface area contributed by atoms with Crippen molar-refractivity contribution in [2.75, 3.05) is 20.1 Å². The van der Waals surface area contributed by atoms with Gasteiger partial charge in [-0.2, -0.15) is 0 Å². The van der Waals surface area contributed by atoms with E-state index in [1.807, 2.05) is 68.7 Å². The summed E-state index contributed by atoms with van der Waals surface area (Å²) in [5, 5.41) is 3.74. The van der Waals surface area contributed by atoms with Crippen LogP contribution < -0.4 is 10.1 Å². The molecule has 0 bridgehead atoms. The van der Waals surface area contributed by atoms with E-state index in [9.17, 15) is 0 Å². The second kappa shape index (κ2) is 20.6. The molecule has 4 rings (SSSR count). The van der Waals surface area contributed by atoms with Crippen molar-refractivity contribution in [3.63, 3.8) is 0 Å². The zero-order valence-corrected chi connectivity index (χ0v) is 28.8. The van der Waals surface area contributed by atoms with Gasteiger partial charge in [0.15, 0.2) is 0 Å². The number of halogens is 1. The molecule has 3 aromatic rings. The summed E-state index contributed by atoms with van der Waals surface area (Å²) < 4.78 is 7.04. The van der Waals surface area contributed by atoms with Crippen LogP contribution in [-0.2, 0) is 13.0 Å². The number of allylic oxidation sites excluding steroid dienone is 3. The maximum absolute atomic E-state index is 6.04. The van der Waals surface area contributed by atoms with E-state index < -0.39 is 0 Å². The summed E-state index contributed by atoms with van der Waals surface area (Å²) >= 11 is 3.63. The Morgan fingerprint density at radius 1 is 1.05 bits per heavy atom. The number of rotatable bonds is 10. The van der Waals surface area contributed by atoms with Crippen molar-refractivity contribution in [2.24, 2.45) is 10.9 Å². The fourth-order valence-electron chi connectivity index (χ4n) is 4.91. The van der Waals surface area contributed by atoms with Gasteiger partial charge in [-0.1, -0.05) is 68.8 Å². The van der Waals surface area contributed by atoms with Crippen LogP contribution in [0.4, 0.5) is 0 Å². The molecule has 1 aliphatic heterocycles. The smallest absolute Gasteiger partial charge is 0.127 e. The van der Waals surface area contributed by atoms with Crippen LogP contribution in [-0.4, -0.2) is 42.3 Å². The van der Waals surface area contributed by atoms with E-state index in [-0.39, 0.29) is 0 Å². The van der Waals surface area contributed by atoms with Crippen LogP contribution in [0.3, 0.4) is 0 Å². The summed E-state index contributed by atoms with van der Waals surface area (Å²) in [6.45, 7) is 15.7. The third kappa shape index (κ3) is 13.7. The topological polar surface area (TPSA) is 49.8 Å². The number of aromatic nitrogens is 1. The Balaban J connectivity index is 0.000000550. The number of hydrogen-bond acceptors (Lipinski definition) is 5. The molecule has 232 valence electrons. The first kappa shape index (κ1) is 36.0. The average Bonchev–Trinajstić information content (AvgIpc) is 3.03. The number of ether oxygens (including phenoxy) is 1. The summed E-state index contributed by atoms with van der Waals surface area (Å²) in [5.74, 6) is 2.30. The molecule has 6 heteroatoms. The molecule has 0 aliphatic carbocycles. The number of piperidine rings is 1. The molecule has 0 spiro atoms. The Kier molecular flexibility index (Phi) is 17.3. The summed E-state index contributed by atoms with van der Waals surface area (Å²) in [6.07, 6.45) is 11.4. The van der Waals surface area contributed by atoms with E-state index in [2.05, 4.69) is 94.2 Å². The van der Waals surface area contributed by atoms with Crippen LogP contribution in [0, 0.1) is 5.92 Å². The normalized spacial score (nSPS) is 16.0. The lowest BCUT2D eigenvalue weighted by molar-refractivity contribution is 0.153. The first-order chi connectivity index (χ1) is 20.9. The van der Waals surface area contributed by atoms with Gasteiger partial charge in [-0.3, -0.25) is 14.9 Å². The third-order valence-electron chi connectivity index (χ3n) is 6.96. The zero-order valence-electron chi connectivity index (χ0n) is 27.2. The minimum atomic E-state index is 0.295. The minimum absolute atomic E-state index is 0.295. The lowest BCUT2D eigenvalue weighted by Gasteiger charge is -2.37. The molecule has 2 atom stereocenters. The summed E-state index contributed by atoms with van der Waals surface area (Å²) in [6, 6.07) is 22.8. The van der Waals surface area contributed by atoms with Gasteiger partial charge in [0.1, 0.15) is 11.5 Å². The van der Waals surface area contributed by atoms with Gasteiger partial charge in [-0.25, -0.2) is 0 Å². The Hall–Kier alpha value is -3.22. The molecule has 1 aromatic heterocycles. The summed E-state index contributed by atoms with van der Waals surface area (Å²) in [4.78, 5) is 10.7.